The minimum Gasteiger partial charge on any atom is -0.465 e. The zero-order valence-corrected chi connectivity index (χ0v) is 22.2. The van der Waals surface area contributed by atoms with Gasteiger partial charge in [-0.05, 0) is 29.8 Å². The average Bonchev–Trinajstić information content (AvgIpc) is 2.91. The van der Waals surface area contributed by atoms with E-state index in [1.165, 1.54) is 24.3 Å². The van der Waals surface area contributed by atoms with Gasteiger partial charge in [0.1, 0.15) is 11.2 Å². The maximum atomic E-state index is 13.0. The van der Waals surface area contributed by atoms with Crippen molar-refractivity contribution >= 4 is 56.1 Å². The molecule has 2 heterocycles. The Morgan fingerprint density at radius 1 is 1.07 bits per heavy atom. The molecule has 4 rings (SSSR count). The number of carboxylic acid groups (broad SMARTS) is 1. The Hall–Kier alpha value is -4.82. The predicted octanol–water partition coefficient (Wildman–Crippen LogP) is 2.37. The molecular weight excluding hydrogens is 564 g/mol. The van der Waals surface area contributed by atoms with Crippen LogP contribution in [0.15, 0.2) is 70.7 Å². The molecule has 13 nitrogen and oxygen atoms in total. The highest BCUT2D eigenvalue weighted by atomic mass is 35.5. The van der Waals surface area contributed by atoms with Gasteiger partial charge in [-0.1, -0.05) is 41.9 Å². The van der Waals surface area contributed by atoms with Crippen molar-refractivity contribution in [2.45, 2.75) is 11.2 Å². The zero-order valence-electron chi connectivity index (χ0n) is 20.6. The van der Waals surface area contributed by atoms with E-state index in [-0.39, 0.29) is 39.4 Å². The summed E-state index contributed by atoms with van der Waals surface area (Å²) in [5, 5.41) is 16.3. The number of hydrogen-bond acceptors (Lipinski definition) is 8. The van der Waals surface area contributed by atoms with E-state index < -0.39 is 44.5 Å². The summed E-state index contributed by atoms with van der Waals surface area (Å²) in [5.41, 5.74) is -0.454. The number of nitrogens with one attached hydrogen (secondary N) is 4. The first kappa shape index (κ1) is 28.2. The van der Waals surface area contributed by atoms with Crippen LogP contribution in [0.4, 0.5) is 10.5 Å². The lowest BCUT2D eigenvalue weighted by atomic mass is 10.1. The number of pyridine rings is 1. The van der Waals surface area contributed by atoms with Crippen LogP contribution >= 0.6 is 11.6 Å². The lowest BCUT2D eigenvalue weighted by Crippen LogP contribution is -2.37. The topological polar surface area (TPSA) is 200 Å². The molecule has 0 aliphatic rings. The second-order valence-corrected chi connectivity index (χ2v) is 10.8. The minimum absolute atomic E-state index is 0.0300. The quantitative estimate of drug-likeness (QED) is 0.193. The Labute approximate surface area is 231 Å². The number of sulfone groups is 1. The van der Waals surface area contributed by atoms with Crippen molar-refractivity contribution in [3.63, 3.8) is 0 Å². The molecule has 0 spiro atoms. The van der Waals surface area contributed by atoms with Crippen LogP contribution < -0.4 is 21.5 Å². The number of aromatic nitrogens is 3. The van der Waals surface area contributed by atoms with E-state index in [9.17, 15) is 27.6 Å². The molecule has 0 aliphatic heterocycles. The van der Waals surface area contributed by atoms with Gasteiger partial charge in [-0.15, -0.1) is 0 Å². The molecule has 2 aromatic carbocycles. The van der Waals surface area contributed by atoms with Crippen LogP contribution in [0.2, 0.25) is 5.02 Å². The fraction of sp³-hybridized carbons (Fsp3) is 0.120. The fourth-order valence-electron chi connectivity index (χ4n) is 3.64. The summed E-state index contributed by atoms with van der Waals surface area (Å²) >= 11 is 6.23. The van der Waals surface area contributed by atoms with E-state index >= 15 is 0 Å². The molecule has 0 saturated heterocycles. The van der Waals surface area contributed by atoms with Gasteiger partial charge in [-0.3, -0.25) is 14.4 Å². The number of nitrogens with zero attached hydrogens (tertiary/aromatic N) is 2. The molecule has 1 unspecified atom stereocenters. The lowest BCUT2D eigenvalue weighted by molar-refractivity contribution is 0.0934. The summed E-state index contributed by atoms with van der Waals surface area (Å²) in [6.45, 7) is -0.0948. The molecule has 40 heavy (non-hydrogen) atoms. The first-order valence-corrected chi connectivity index (χ1v) is 13.7. The van der Waals surface area contributed by atoms with Gasteiger partial charge in [0.25, 0.3) is 17.4 Å². The molecule has 0 bridgehead atoms. The van der Waals surface area contributed by atoms with E-state index in [1.54, 1.807) is 30.3 Å². The number of aromatic amines is 1. The fourth-order valence-corrected chi connectivity index (χ4v) is 4.31. The largest absolute Gasteiger partial charge is 0.465 e. The third-order valence-electron chi connectivity index (χ3n) is 5.59. The molecule has 5 N–H and O–H groups in total. The molecule has 3 amide bonds. The highest BCUT2D eigenvalue weighted by Crippen LogP contribution is 2.24. The average molecular weight is 585 g/mol. The Morgan fingerprint density at radius 3 is 2.48 bits per heavy atom. The Kier molecular flexibility index (Phi) is 8.11. The van der Waals surface area contributed by atoms with Crippen molar-refractivity contribution in [3.8, 4) is 0 Å². The van der Waals surface area contributed by atoms with Gasteiger partial charge in [0.2, 0.25) is 15.0 Å². The molecule has 1 atom stereocenters. The number of H-pyrrole nitrogens is 1. The van der Waals surface area contributed by atoms with Gasteiger partial charge in [-0.25, -0.2) is 23.2 Å². The predicted molar refractivity (Wildman–Crippen MR) is 145 cm³/mol. The van der Waals surface area contributed by atoms with Gasteiger partial charge in [0.05, 0.1) is 16.8 Å². The Bertz CT molecular complexity index is 1790. The van der Waals surface area contributed by atoms with E-state index in [4.69, 9.17) is 16.7 Å². The summed E-state index contributed by atoms with van der Waals surface area (Å²) in [7, 11) is -3.72. The van der Waals surface area contributed by atoms with Crippen LogP contribution in [-0.4, -0.2) is 59.2 Å². The van der Waals surface area contributed by atoms with E-state index in [2.05, 4.69) is 30.9 Å². The second kappa shape index (κ2) is 11.5. The summed E-state index contributed by atoms with van der Waals surface area (Å²) < 4.78 is 23.4. The number of carbonyl (C=O) groups is 3. The number of carbonyl (C=O) groups excluding carboxylic acids is 2. The smallest absolute Gasteiger partial charge is 0.404 e. The highest BCUT2D eigenvalue weighted by molar-refractivity contribution is 7.90. The molecule has 0 saturated carbocycles. The van der Waals surface area contributed by atoms with Crippen LogP contribution in [-0.2, 0) is 9.84 Å². The van der Waals surface area contributed by atoms with Crippen LogP contribution in [0.1, 0.15) is 32.3 Å². The van der Waals surface area contributed by atoms with E-state index in [0.717, 1.165) is 12.5 Å². The summed E-state index contributed by atoms with van der Waals surface area (Å²) in [6, 6.07) is 13.3. The normalized spacial score (nSPS) is 11.9. The monoisotopic (exact) mass is 584 g/mol. The van der Waals surface area contributed by atoms with Crippen molar-refractivity contribution in [2.24, 2.45) is 0 Å². The SMILES string of the molecule is CS(=O)(=O)c1ncc2cc(C(=O)Nc3cc(C(=O)NC(CNC(=O)O)c4ccccc4)ccc3Cl)c(=O)[nH]c2n1. The van der Waals surface area contributed by atoms with Crippen molar-refractivity contribution in [2.75, 3.05) is 18.1 Å². The maximum Gasteiger partial charge on any atom is 0.404 e. The van der Waals surface area contributed by atoms with Crippen molar-refractivity contribution in [3.05, 3.63) is 92.9 Å². The number of rotatable bonds is 8. The molecule has 4 aromatic rings. The summed E-state index contributed by atoms with van der Waals surface area (Å²) in [6.07, 6.45) is 0.824. The van der Waals surface area contributed by atoms with Gasteiger partial charge >= 0.3 is 6.09 Å². The summed E-state index contributed by atoms with van der Waals surface area (Å²) in [4.78, 5) is 59.5. The number of fused-ring (bicyclic) bond motifs is 1. The third-order valence-corrected chi connectivity index (χ3v) is 6.78. The Morgan fingerprint density at radius 2 is 1.80 bits per heavy atom. The van der Waals surface area contributed by atoms with Gasteiger partial charge in [0, 0.05) is 29.9 Å². The number of anilines is 1. The molecule has 0 fully saturated rings. The zero-order chi connectivity index (χ0) is 29.0. The molecule has 15 heteroatoms. The molecule has 0 radical (unpaired) electrons. The van der Waals surface area contributed by atoms with Crippen LogP contribution in [0.3, 0.4) is 0 Å². The van der Waals surface area contributed by atoms with Gasteiger partial charge in [0.15, 0.2) is 0 Å². The third kappa shape index (κ3) is 6.59. The first-order chi connectivity index (χ1) is 18.9. The molecule has 2 aromatic heterocycles. The standard InChI is InChI=1S/C25H21ClN6O7S/c1-40(38,39)24-27-11-15-9-16(23(35)31-20(15)32-24)22(34)29-18-10-14(7-8-17(18)26)21(33)30-19(12-28-25(36)37)13-5-3-2-4-6-13/h2-11,19,28H,12H2,1H3,(H,29,34)(H,30,33)(H,36,37)(H,27,31,32,35). The molecule has 0 aliphatic carbocycles. The first-order valence-electron chi connectivity index (χ1n) is 11.5. The van der Waals surface area contributed by atoms with Gasteiger partial charge in [-0.2, -0.15) is 0 Å². The summed E-state index contributed by atoms with van der Waals surface area (Å²) in [5.74, 6) is -1.43. The lowest BCUT2D eigenvalue weighted by Gasteiger charge is -2.19. The highest BCUT2D eigenvalue weighted by Gasteiger charge is 2.20. The maximum absolute atomic E-state index is 13.0. The van der Waals surface area contributed by atoms with Crippen LogP contribution in [0.25, 0.3) is 11.0 Å². The Balaban J connectivity index is 1.57. The number of benzene rings is 2. The van der Waals surface area contributed by atoms with Gasteiger partial charge < -0.3 is 26.0 Å². The minimum atomic E-state index is -3.72. The second-order valence-electron chi connectivity index (χ2n) is 8.51. The van der Waals surface area contributed by atoms with Crippen LogP contribution in [0, 0.1) is 0 Å². The molecule has 206 valence electrons. The van der Waals surface area contributed by atoms with Crippen LogP contribution in [0.5, 0.6) is 0 Å². The van der Waals surface area contributed by atoms with E-state index in [0.29, 0.717) is 5.56 Å². The number of amides is 3. The number of halogens is 1. The van der Waals surface area contributed by atoms with E-state index in [1.807, 2.05) is 0 Å². The van der Waals surface area contributed by atoms with Crippen molar-refractivity contribution in [1.82, 2.24) is 25.6 Å². The van der Waals surface area contributed by atoms with Crippen molar-refractivity contribution < 1.29 is 27.9 Å². The number of hydrogen-bond donors (Lipinski definition) is 5. The molecular formula is C25H21ClN6O7S. The van der Waals surface area contributed by atoms with Crippen molar-refractivity contribution in [1.29, 1.82) is 0 Å².